The first-order valence-electron chi connectivity index (χ1n) is 7.41. The fourth-order valence-electron chi connectivity index (χ4n) is 3.53. The second kappa shape index (κ2) is 6.72. The fourth-order valence-corrected chi connectivity index (χ4v) is 3.53. The lowest BCUT2D eigenvalue weighted by Gasteiger charge is -2.39. The predicted molar refractivity (Wildman–Crippen MR) is 70.4 cm³/mol. The molecule has 0 aromatic heterocycles. The quantitative estimate of drug-likeness (QED) is 0.554. The molecule has 17 heavy (non-hydrogen) atoms. The second-order valence-electron chi connectivity index (χ2n) is 5.82. The zero-order valence-electron chi connectivity index (χ0n) is 11.2. The molecule has 2 aliphatic rings. The van der Waals surface area contributed by atoms with Gasteiger partial charge in [0.25, 0.3) is 0 Å². The van der Waals surface area contributed by atoms with Gasteiger partial charge in [-0.1, -0.05) is 19.3 Å². The summed E-state index contributed by atoms with van der Waals surface area (Å²) in [6.07, 6.45) is 11.2. The minimum absolute atomic E-state index is 0.537. The molecule has 0 spiro atoms. The van der Waals surface area contributed by atoms with Crippen molar-refractivity contribution >= 4 is 0 Å². The molecule has 1 atom stereocenters. The molecular formula is C14H28N2O. The van der Waals surface area contributed by atoms with Gasteiger partial charge in [0.1, 0.15) is 0 Å². The standard InChI is InChI=1S/C14H28N2O/c1-2-17-13-8-11(9-13)10-14(16-15)12-6-4-3-5-7-12/h11-14,16H,2-10,15H2,1H3. The highest BCUT2D eigenvalue weighted by atomic mass is 16.5. The van der Waals surface area contributed by atoms with E-state index in [1.165, 1.54) is 51.4 Å². The van der Waals surface area contributed by atoms with E-state index in [-0.39, 0.29) is 0 Å². The van der Waals surface area contributed by atoms with Crippen LogP contribution < -0.4 is 11.3 Å². The zero-order chi connectivity index (χ0) is 12.1. The minimum atomic E-state index is 0.537. The fraction of sp³-hybridized carbons (Fsp3) is 1.00. The van der Waals surface area contributed by atoms with Crippen LogP contribution in [0.2, 0.25) is 0 Å². The first kappa shape index (κ1) is 13.3. The smallest absolute Gasteiger partial charge is 0.0580 e. The van der Waals surface area contributed by atoms with Crippen molar-refractivity contribution < 1.29 is 4.74 Å². The third kappa shape index (κ3) is 3.67. The lowest BCUT2D eigenvalue weighted by atomic mass is 9.74. The third-order valence-electron chi connectivity index (χ3n) is 4.62. The number of ether oxygens (including phenoxy) is 1. The molecule has 3 heteroatoms. The average Bonchev–Trinajstić information content (AvgIpc) is 2.33. The van der Waals surface area contributed by atoms with E-state index in [0.717, 1.165) is 18.4 Å². The monoisotopic (exact) mass is 240 g/mol. The van der Waals surface area contributed by atoms with E-state index < -0.39 is 0 Å². The Morgan fingerprint density at radius 2 is 1.94 bits per heavy atom. The van der Waals surface area contributed by atoms with Crippen molar-refractivity contribution in [3.05, 3.63) is 0 Å². The number of hydrogen-bond acceptors (Lipinski definition) is 3. The molecule has 0 heterocycles. The van der Waals surface area contributed by atoms with Crippen molar-refractivity contribution in [3.63, 3.8) is 0 Å². The van der Waals surface area contributed by atoms with Crippen LogP contribution in [-0.4, -0.2) is 18.8 Å². The van der Waals surface area contributed by atoms with Gasteiger partial charge in [-0.2, -0.15) is 0 Å². The summed E-state index contributed by atoms with van der Waals surface area (Å²) < 4.78 is 5.62. The predicted octanol–water partition coefficient (Wildman–Crippen LogP) is 2.60. The summed E-state index contributed by atoms with van der Waals surface area (Å²) in [5.41, 5.74) is 3.08. The molecule has 0 aliphatic heterocycles. The van der Waals surface area contributed by atoms with Crippen LogP contribution in [0, 0.1) is 11.8 Å². The Bertz CT molecular complexity index is 210. The molecule has 3 nitrogen and oxygen atoms in total. The van der Waals surface area contributed by atoms with E-state index >= 15 is 0 Å². The van der Waals surface area contributed by atoms with Crippen LogP contribution in [0.4, 0.5) is 0 Å². The van der Waals surface area contributed by atoms with Crippen molar-refractivity contribution in [3.8, 4) is 0 Å². The minimum Gasteiger partial charge on any atom is -0.378 e. The number of hydrazine groups is 1. The molecule has 0 saturated heterocycles. The first-order chi connectivity index (χ1) is 8.33. The Kier molecular flexibility index (Phi) is 5.26. The SMILES string of the molecule is CCOC1CC(CC(NN)C2CCCCC2)C1. The summed E-state index contributed by atoms with van der Waals surface area (Å²) in [5.74, 6) is 7.40. The van der Waals surface area contributed by atoms with Crippen molar-refractivity contribution in [1.29, 1.82) is 0 Å². The van der Waals surface area contributed by atoms with Crippen molar-refractivity contribution in [1.82, 2.24) is 5.43 Å². The van der Waals surface area contributed by atoms with E-state index in [1.807, 2.05) is 0 Å². The zero-order valence-corrected chi connectivity index (χ0v) is 11.2. The van der Waals surface area contributed by atoms with Gasteiger partial charge in [0, 0.05) is 12.6 Å². The number of rotatable bonds is 6. The molecule has 3 N–H and O–H groups in total. The maximum atomic E-state index is 5.74. The summed E-state index contributed by atoms with van der Waals surface area (Å²) in [7, 11) is 0. The second-order valence-corrected chi connectivity index (χ2v) is 5.82. The van der Waals surface area contributed by atoms with E-state index in [1.54, 1.807) is 0 Å². The largest absolute Gasteiger partial charge is 0.378 e. The van der Waals surface area contributed by atoms with Crippen molar-refractivity contribution in [2.75, 3.05) is 6.61 Å². The van der Waals surface area contributed by atoms with Crippen LogP contribution in [0.3, 0.4) is 0 Å². The molecule has 0 aromatic carbocycles. The Morgan fingerprint density at radius 1 is 1.24 bits per heavy atom. The Morgan fingerprint density at radius 3 is 2.53 bits per heavy atom. The molecule has 0 amide bonds. The third-order valence-corrected chi connectivity index (χ3v) is 4.62. The molecule has 2 saturated carbocycles. The number of nitrogens with two attached hydrogens (primary N) is 1. The van der Waals surface area contributed by atoms with Gasteiger partial charge >= 0.3 is 0 Å². The van der Waals surface area contributed by atoms with Gasteiger partial charge in [-0.05, 0) is 50.9 Å². The average molecular weight is 240 g/mol. The van der Waals surface area contributed by atoms with Crippen LogP contribution in [-0.2, 0) is 4.74 Å². The maximum absolute atomic E-state index is 5.74. The summed E-state index contributed by atoms with van der Waals surface area (Å²) in [6.45, 7) is 2.94. The van der Waals surface area contributed by atoms with Gasteiger partial charge in [-0.15, -0.1) is 0 Å². The van der Waals surface area contributed by atoms with Gasteiger partial charge in [0.15, 0.2) is 0 Å². The Balaban J connectivity index is 1.69. The molecule has 0 radical (unpaired) electrons. The van der Waals surface area contributed by atoms with Crippen LogP contribution in [0.15, 0.2) is 0 Å². The van der Waals surface area contributed by atoms with Crippen molar-refractivity contribution in [2.45, 2.75) is 70.4 Å². The summed E-state index contributed by atoms with van der Waals surface area (Å²) in [4.78, 5) is 0. The van der Waals surface area contributed by atoms with Crippen LogP contribution >= 0.6 is 0 Å². The lowest BCUT2D eigenvalue weighted by Crippen LogP contribution is -2.45. The van der Waals surface area contributed by atoms with Gasteiger partial charge in [-0.25, -0.2) is 0 Å². The summed E-state index contributed by atoms with van der Waals surface area (Å²) in [6, 6.07) is 0.544. The van der Waals surface area contributed by atoms with Crippen molar-refractivity contribution in [2.24, 2.45) is 17.7 Å². The van der Waals surface area contributed by atoms with E-state index in [4.69, 9.17) is 10.6 Å². The molecule has 2 rings (SSSR count). The topological polar surface area (TPSA) is 47.3 Å². The first-order valence-corrected chi connectivity index (χ1v) is 7.41. The van der Waals surface area contributed by atoms with Crippen LogP contribution in [0.5, 0.6) is 0 Å². The molecule has 1 unspecified atom stereocenters. The maximum Gasteiger partial charge on any atom is 0.0580 e. The highest BCUT2D eigenvalue weighted by molar-refractivity contribution is 4.87. The van der Waals surface area contributed by atoms with Gasteiger partial charge in [0.05, 0.1) is 6.10 Å². The molecule has 2 aliphatic carbocycles. The van der Waals surface area contributed by atoms with E-state index in [9.17, 15) is 0 Å². The van der Waals surface area contributed by atoms with Gasteiger partial charge < -0.3 is 4.74 Å². The molecule has 0 aromatic rings. The van der Waals surface area contributed by atoms with E-state index in [2.05, 4.69) is 12.3 Å². The Labute approximate surface area is 105 Å². The van der Waals surface area contributed by atoms with Crippen LogP contribution in [0.25, 0.3) is 0 Å². The molecule has 2 fully saturated rings. The van der Waals surface area contributed by atoms with E-state index in [0.29, 0.717) is 12.1 Å². The summed E-state index contributed by atoms with van der Waals surface area (Å²) in [5, 5.41) is 0. The lowest BCUT2D eigenvalue weighted by molar-refractivity contribution is -0.0313. The van der Waals surface area contributed by atoms with Crippen LogP contribution in [0.1, 0.15) is 58.3 Å². The number of nitrogens with one attached hydrogen (secondary N) is 1. The highest BCUT2D eigenvalue weighted by Gasteiger charge is 2.33. The number of hydrogen-bond donors (Lipinski definition) is 2. The van der Waals surface area contributed by atoms with Gasteiger partial charge in [-0.3, -0.25) is 11.3 Å². The molecule has 100 valence electrons. The Hall–Kier alpha value is -0.120. The molecular weight excluding hydrogens is 212 g/mol. The molecule has 0 bridgehead atoms. The highest BCUT2D eigenvalue weighted by Crippen LogP contribution is 2.37. The summed E-state index contributed by atoms with van der Waals surface area (Å²) >= 11 is 0. The van der Waals surface area contributed by atoms with Gasteiger partial charge in [0.2, 0.25) is 0 Å². The normalized spacial score (nSPS) is 32.1.